The molecule has 14 heteroatoms. The summed E-state index contributed by atoms with van der Waals surface area (Å²) < 4.78 is 34.5. The Labute approximate surface area is 480 Å². The molecule has 11 atom stereocenters. The molecule has 2 heterocycles. The third-order valence-electron chi connectivity index (χ3n) is 15.4. The molecule has 0 aromatic heterocycles. The summed E-state index contributed by atoms with van der Waals surface area (Å²) in [5, 5.41) is 72.5. The number of hydrogen-bond donors (Lipinski definition) is 7. The Bertz CT molecular complexity index is 1490. The van der Waals surface area contributed by atoms with Crippen LogP contribution in [0.4, 0.5) is 0 Å². The minimum atomic E-state index is -1.71. The second-order valence-electron chi connectivity index (χ2n) is 22.6. The first-order chi connectivity index (χ1) is 38.6. The number of rotatable bonds is 53. The highest BCUT2D eigenvalue weighted by Crippen LogP contribution is 2.27. The zero-order valence-corrected chi connectivity index (χ0v) is 49.9. The fourth-order valence-corrected chi connectivity index (χ4v) is 10.2. The van der Waals surface area contributed by atoms with Crippen molar-refractivity contribution in [2.45, 2.75) is 325 Å². The van der Waals surface area contributed by atoms with Crippen LogP contribution < -0.4 is 0 Å². The number of aliphatic hydroxyl groups excluding tert-OH is 7. The van der Waals surface area contributed by atoms with Crippen molar-refractivity contribution in [1.29, 1.82) is 0 Å². The maximum Gasteiger partial charge on any atom is 0.306 e. The van der Waals surface area contributed by atoms with Crippen LogP contribution >= 0.6 is 0 Å². The van der Waals surface area contributed by atoms with Crippen molar-refractivity contribution in [1.82, 2.24) is 0 Å². The molecule has 7 N–H and O–H groups in total. The second kappa shape index (κ2) is 51.6. The fourth-order valence-electron chi connectivity index (χ4n) is 10.2. The van der Waals surface area contributed by atoms with Gasteiger partial charge in [-0.3, -0.25) is 4.79 Å². The van der Waals surface area contributed by atoms with E-state index in [4.69, 9.17) is 28.4 Å². The lowest BCUT2D eigenvalue weighted by atomic mass is 9.98. The molecule has 0 saturated carbocycles. The van der Waals surface area contributed by atoms with Gasteiger partial charge in [0.2, 0.25) is 0 Å². The number of unbranched alkanes of at least 4 members (excludes halogenated alkanes) is 31. The van der Waals surface area contributed by atoms with E-state index in [1.165, 1.54) is 148 Å². The zero-order chi connectivity index (χ0) is 57.2. The van der Waals surface area contributed by atoms with E-state index in [1.54, 1.807) is 0 Å². The molecule has 0 bridgehead atoms. The molecule has 0 radical (unpaired) electrons. The van der Waals surface area contributed by atoms with Gasteiger partial charge in [-0.15, -0.1) is 0 Å². The van der Waals surface area contributed by atoms with Crippen molar-refractivity contribution in [2.24, 2.45) is 0 Å². The summed E-state index contributed by atoms with van der Waals surface area (Å²) >= 11 is 0. The Morgan fingerprint density at radius 1 is 0.430 bits per heavy atom. The van der Waals surface area contributed by atoms with Crippen LogP contribution in [0.3, 0.4) is 0 Å². The van der Waals surface area contributed by atoms with Crippen LogP contribution in [-0.4, -0.2) is 142 Å². The molecule has 462 valence electrons. The summed E-state index contributed by atoms with van der Waals surface area (Å²) in [4.78, 5) is 13.1. The monoisotopic (exact) mass is 1120 g/mol. The van der Waals surface area contributed by atoms with E-state index in [1.807, 2.05) is 0 Å². The number of carbonyl (C=O) groups excluding carboxylic acids is 1. The molecule has 0 aromatic carbocycles. The molecular weight excluding hydrogens is 1000 g/mol. The minimum Gasteiger partial charge on any atom is -0.457 e. The van der Waals surface area contributed by atoms with Gasteiger partial charge in [0.1, 0.15) is 54.9 Å². The van der Waals surface area contributed by atoms with Crippen LogP contribution in [0.15, 0.2) is 48.6 Å². The third kappa shape index (κ3) is 37.7. The number of esters is 1. The van der Waals surface area contributed by atoms with Gasteiger partial charge in [-0.05, 0) is 51.4 Å². The van der Waals surface area contributed by atoms with Crippen LogP contribution in [-0.2, 0) is 33.2 Å². The average molecular weight is 1120 g/mol. The number of carbonyl (C=O) groups is 1. The molecule has 0 amide bonds. The lowest BCUT2D eigenvalue weighted by Crippen LogP contribution is -2.61. The lowest BCUT2D eigenvalue weighted by Gasteiger charge is -2.42. The highest BCUT2D eigenvalue weighted by Gasteiger charge is 2.47. The van der Waals surface area contributed by atoms with E-state index < -0.39 is 80.7 Å². The quantitative estimate of drug-likeness (QED) is 0.0172. The molecule has 11 unspecified atom stereocenters. The summed E-state index contributed by atoms with van der Waals surface area (Å²) in [5.41, 5.74) is 0. The van der Waals surface area contributed by atoms with Crippen molar-refractivity contribution in [3.8, 4) is 0 Å². The summed E-state index contributed by atoms with van der Waals surface area (Å²) in [5.74, 6) is -0.386. The van der Waals surface area contributed by atoms with Gasteiger partial charge >= 0.3 is 5.97 Å². The minimum absolute atomic E-state index is 0.0576. The predicted octanol–water partition coefficient (Wildman–Crippen LogP) is 12.6. The standard InChI is InChI=1S/C65H118O14/c1-3-5-7-9-11-13-15-17-19-21-23-24-25-26-27-28-29-31-33-35-37-39-41-43-45-47-49-74-51-54(77-57(67)48-46-44-42-40-38-36-34-32-30-22-20-18-16-14-12-10-8-6-4-2)52-75-64-63(73)61(71)59(69)56(79-64)53-76-65-62(72)60(70)58(68)55(50-66)78-65/h6,8,12,14,18,20,30,32,54-56,58-66,68-73H,3-5,7,9-11,13,15-17,19,21-29,31,33-53H2,1-2H3/b8-6-,14-12-,20-18-,32-30-. The number of aliphatic hydroxyl groups is 7. The molecule has 2 aliphatic rings. The molecule has 0 aliphatic carbocycles. The van der Waals surface area contributed by atoms with Gasteiger partial charge < -0.3 is 64.2 Å². The fraction of sp³-hybridized carbons (Fsp3) is 0.862. The van der Waals surface area contributed by atoms with Crippen molar-refractivity contribution in [3.63, 3.8) is 0 Å². The van der Waals surface area contributed by atoms with E-state index in [-0.39, 0.29) is 25.6 Å². The largest absolute Gasteiger partial charge is 0.457 e. The van der Waals surface area contributed by atoms with Gasteiger partial charge in [-0.2, -0.15) is 0 Å². The molecule has 0 spiro atoms. The number of hydrogen-bond acceptors (Lipinski definition) is 14. The van der Waals surface area contributed by atoms with E-state index in [0.717, 1.165) is 83.5 Å². The van der Waals surface area contributed by atoms with E-state index in [2.05, 4.69) is 62.5 Å². The normalized spacial score (nSPS) is 24.3. The average Bonchev–Trinajstić information content (AvgIpc) is 3.46. The Balaban J connectivity index is 1.66. The molecule has 79 heavy (non-hydrogen) atoms. The first kappa shape index (κ1) is 73.1. The van der Waals surface area contributed by atoms with Crippen LogP contribution in [0.25, 0.3) is 0 Å². The van der Waals surface area contributed by atoms with E-state index in [0.29, 0.717) is 13.0 Å². The molecule has 2 saturated heterocycles. The van der Waals surface area contributed by atoms with Crippen LogP contribution in [0.5, 0.6) is 0 Å². The van der Waals surface area contributed by atoms with Crippen LogP contribution in [0, 0.1) is 0 Å². The van der Waals surface area contributed by atoms with Crippen molar-refractivity contribution >= 4 is 5.97 Å². The molecule has 14 nitrogen and oxygen atoms in total. The SMILES string of the molecule is CC/C=C\C/C=C\C/C=C\C/C=C\CCCCCCCCC(=O)OC(COCCCCCCCCCCCCCCCCCCCCCCCCCCCC)COC1OC(COC2OC(CO)C(O)C(O)C2O)C(O)C(O)C1O. The van der Waals surface area contributed by atoms with Gasteiger partial charge in [0, 0.05) is 13.0 Å². The molecule has 0 aromatic rings. The Morgan fingerprint density at radius 3 is 1.29 bits per heavy atom. The molecule has 2 fully saturated rings. The number of ether oxygens (including phenoxy) is 6. The lowest BCUT2D eigenvalue weighted by molar-refractivity contribution is -0.332. The smallest absolute Gasteiger partial charge is 0.306 e. The Morgan fingerprint density at radius 2 is 0.823 bits per heavy atom. The highest BCUT2D eigenvalue weighted by atomic mass is 16.7. The Kier molecular flexibility index (Phi) is 47.7. The second-order valence-corrected chi connectivity index (χ2v) is 22.6. The summed E-state index contributed by atoms with van der Waals surface area (Å²) in [6, 6.07) is 0. The van der Waals surface area contributed by atoms with E-state index >= 15 is 0 Å². The maximum absolute atomic E-state index is 13.1. The van der Waals surface area contributed by atoms with Gasteiger partial charge in [-0.25, -0.2) is 0 Å². The Hall–Kier alpha value is -2.05. The van der Waals surface area contributed by atoms with Gasteiger partial charge in [0.15, 0.2) is 12.6 Å². The predicted molar refractivity (Wildman–Crippen MR) is 316 cm³/mol. The van der Waals surface area contributed by atoms with Gasteiger partial charge in [0.05, 0.1) is 26.4 Å². The van der Waals surface area contributed by atoms with Gasteiger partial charge in [0.25, 0.3) is 0 Å². The van der Waals surface area contributed by atoms with Crippen LogP contribution in [0.1, 0.15) is 258 Å². The van der Waals surface area contributed by atoms with E-state index in [9.17, 15) is 40.5 Å². The molecule has 2 rings (SSSR count). The molecule has 2 aliphatic heterocycles. The third-order valence-corrected chi connectivity index (χ3v) is 15.4. The van der Waals surface area contributed by atoms with Crippen molar-refractivity contribution in [3.05, 3.63) is 48.6 Å². The summed E-state index contributed by atoms with van der Waals surface area (Å²) in [6.07, 6.45) is 47.6. The highest BCUT2D eigenvalue weighted by molar-refractivity contribution is 5.69. The first-order valence-corrected chi connectivity index (χ1v) is 32.2. The zero-order valence-electron chi connectivity index (χ0n) is 49.9. The topological polar surface area (TPSA) is 214 Å². The van der Waals surface area contributed by atoms with Crippen molar-refractivity contribution in [2.75, 3.05) is 33.0 Å². The first-order valence-electron chi connectivity index (χ1n) is 32.2. The summed E-state index contributed by atoms with van der Waals surface area (Å²) in [6.45, 7) is 3.61. The van der Waals surface area contributed by atoms with Crippen LogP contribution in [0.2, 0.25) is 0 Å². The van der Waals surface area contributed by atoms with Crippen molar-refractivity contribution < 1.29 is 69.0 Å². The maximum atomic E-state index is 13.1. The van der Waals surface area contributed by atoms with Gasteiger partial charge in [-0.1, -0.05) is 249 Å². The number of allylic oxidation sites excluding steroid dienone is 8. The summed E-state index contributed by atoms with van der Waals surface area (Å²) in [7, 11) is 0. The molecular formula is C65H118O14.